The number of rotatable bonds is 1. The van der Waals surface area contributed by atoms with Gasteiger partial charge in [-0.3, -0.25) is 0 Å². The molecule has 20 heavy (non-hydrogen) atoms. The van der Waals surface area contributed by atoms with Gasteiger partial charge in [0, 0.05) is 44.8 Å². The van der Waals surface area contributed by atoms with Gasteiger partial charge in [0.05, 0.1) is 0 Å². The second kappa shape index (κ2) is 4.62. The molecule has 8 heteroatoms. The first kappa shape index (κ1) is 13.2. The van der Waals surface area contributed by atoms with E-state index in [1.807, 2.05) is 11.9 Å². The van der Waals surface area contributed by atoms with E-state index in [0.29, 0.717) is 5.82 Å². The number of imidazole rings is 1. The smallest absolute Gasteiger partial charge is 0.351 e. The maximum atomic E-state index is 12.7. The Bertz CT molecular complexity index is 613. The second-order valence-electron chi connectivity index (χ2n) is 4.90. The summed E-state index contributed by atoms with van der Waals surface area (Å²) in [5.74, 6) is 0.510. The van der Waals surface area contributed by atoms with Gasteiger partial charge in [0.2, 0.25) is 0 Å². The number of fused-ring (bicyclic) bond motifs is 1. The van der Waals surface area contributed by atoms with Crippen molar-refractivity contribution in [1.82, 2.24) is 19.3 Å². The lowest BCUT2D eigenvalue weighted by molar-refractivity contribution is -0.140. The Labute approximate surface area is 113 Å². The molecule has 3 rings (SSSR count). The molecule has 1 aliphatic rings. The highest BCUT2D eigenvalue weighted by atomic mass is 19.4. The van der Waals surface area contributed by atoms with Crippen LogP contribution in [0.25, 0.3) is 5.65 Å². The zero-order chi connectivity index (χ0) is 14.3. The van der Waals surface area contributed by atoms with Crippen molar-refractivity contribution in [3.05, 3.63) is 24.3 Å². The molecule has 0 amide bonds. The van der Waals surface area contributed by atoms with Gasteiger partial charge in [0.25, 0.3) is 0 Å². The molecule has 0 bridgehead atoms. The molecule has 1 saturated heterocycles. The lowest BCUT2D eigenvalue weighted by Crippen LogP contribution is -2.45. The van der Waals surface area contributed by atoms with E-state index in [1.165, 1.54) is 16.8 Å². The van der Waals surface area contributed by atoms with E-state index in [-0.39, 0.29) is 5.65 Å². The van der Waals surface area contributed by atoms with Crippen LogP contribution in [0.5, 0.6) is 0 Å². The van der Waals surface area contributed by atoms with Crippen molar-refractivity contribution in [2.75, 3.05) is 38.1 Å². The fraction of sp³-hybridized carbons (Fsp3) is 0.500. The van der Waals surface area contributed by atoms with Crippen molar-refractivity contribution in [3.63, 3.8) is 0 Å². The normalized spacial score (nSPS) is 17.9. The fourth-order valence-electron chi connectivity index (χ4n) is 2.28. The molecule has 0 aromatic carbocycles. The van der Waals surface area contributed by atoms with Gasteiger partial charge in [0.1, 0.15) is 0 Å². The lowest BCUT2D eigenvalue weighted by atomic mass is 10.3. The molecule has 2 aromatic heterocycles. The monoisotopic (exact) mass is 285 g/mol. The van der Waals surface area contributed by atoms with E-state index >= 15 is 0 Å². The van der Waals surface area contributed by atoms with Crippen LogP contribution in [-0.2, 0) is 6.18 Å². The highest BCUT2D eigenvalue weighted by Gasteiger charge is 2.34. The highest BCUT2D eigenvalue weighted by molar-refractivity contribution is 5.64. The third-order valence-electron chi connectivity index (χ3n) is 3.45. The van der Waals surface area contributed by atoms with Crippen LogP contribution >= 0.6 is 0 Å². The Morgan fingerprint density at radius 3 is 2.50 bits per heavy atom. The van der Waals surface area contributed by atoms with Crippen LogP contribution in [0.2, 0.25) is 0 Å². The molecule has 5 nitrogen and oxygen atoms in total. The molecule has 0 radical (unpaired) electrons. The first-order valence-corrected chi connectivity index (χ1v) is 6.29. The predicted octanol–water partition coefficient (Wildman–Crippen LogP) is 1.50. The van der Waals surface area contributed by atoms with Crippen molar-refractivity contribution < 1.29 is 13.2 Å². The quantitative estimate of drug-likeness (QED) is 0.795. The topological polar surface area (TPSA) is 36.7 Å². The number of likely N-dealkylation sites (N-methyl/N-ethyl adjacent to an activating group) is 1. The van der Waals surface area contributed by atoms with Crippen molar-refractivity contribution in [1.29, 1.82) is 0 Å². The third kappa shape index (κ3) is 2.31. The van der Waals surface area contributed by atoms with Gasteiger partial charge in [0.15, 0.2) is 17.2 Å². The van der Waals surface area contributed by atoms with Crippen LogP contribution in [0, 0.1) is 0 Å². The molecule has 1 aliphatic heterocycles. The van der Waals surface area contributed by atoms with Crippen LogP contribution in [0.15, 0.2) is 18.6 Å². The molecular formula is C12H14F3N5. The third-order valence-corrected chi connectivity index (χ3v) is 3.45. The van der Waals surface area contributed by atoms with Gasteiger partial charge in [-0.1, -0.05) is 0 Å². The molecule has 1 fully saturated rings. The molecule has 0 N–H and O–H groups in total. The molecule has 0 unspecified atom stereocenters. The van der Waals surface area contributed by atoms with E-state index in [9.17, 15) is 13.2 Å². The van der Waals surface area contributed by atoms with Crippen LogP contribution < -0.4 is 4.90 Å². The average Bonchev–Trinajstić information content (AvgIpc) is 2.83. The summed E-state index contributed by atoms with van der Waals surface area (Å²) in [6.07, 6.45) is -0.457. The minimum Gasteiger partial charge on any atom is -0.351 e. The van der Waals surface area contributed by atoms with Crippen LogP contribution in [0.4, 0.5) is 19.0 Å². The van der Waals surface area contributed by atoms with Gasteiger partial charge in [-0.25, -0.2) is 9.97 Å². The molecule has 2 aromatic rings. The maximum Gasteiger partial charge on any atom is 0.434 e. The van der Waals surface area contributed by atoms with Gasteiger partial charge < -0.3 is 14.2 Å². The number of piperazine rings is 1. The second-order valence-corrected chi connectivity index (χ2v) is 4.90. The predicted molar refractivity (Wildman–Crippen MR) is 67.7 cm³/mol. The Hall–Kier alpha value is -1.83. The summed E-state index contributed by atoms with van der Waals surface area (Å²) in [5, 5.41) is 0. The summed E-state index contributed by atoms with van der Waals surface area (Å²) in [5.41, 5.74) is -0.634. The minimum atomic E-state index is -4.44. The number of halogens is 3. The van der Waals surface area contributed by atoms with Gasteiger partial charge in [-0.15, -0.1) is 0 Å². The van der Waals surface area contributed by atoms with Crippen molar-refractivity contribution >= 4 is 11.5 Å². The van der Waals surface area contributed by atoms with Crippen LogP contribution in [-0.4, -0.2) is 52.5 Å². The Kier molecular flexibility index (Phi) is 3.04. The van der Waals surface area contributed by atoms with E-state index in [2.05, 4.69) is 14.9 Å². The summed E-state index contributed by atoms with van der Waals surface area (Å²) in [4.78, 5) is 12.1. The van der Waals surface area contributed by atoms with Gasteiger partial charge >= 0.3 is 6.18 Å². The fourth-order valence-corrected chi connectivity index (χ4v) is 2.28. The van der Waals surface area contributed by atoms with Crippen LogP contribution in [0.3, 0.4) is 0 Å². The van der Waals surface area contributed by atoms with E-state index < -0.39 is 11.9 Å². The zero-order valence-corrected chi connectivity index (χ0v) is 10.9. The molecule has 0 atom stereocenters. The summed E-state index contributed by atoms with van der Waals surface area (Å²) in [6.45, 7) is 3.18. The number of hydrogen-bond donors (Lipinski definition) is 0. The number of alkyl halides is 3. The van der Waals surface area contributed by atoms with E-state index in [1.54, 1.807) is 0 Å². The average molecular weight is 285 g/mol. The molecular weight excluding hydrogens is 271 g/mol. The van der Waals surface area contributed by atoms with E-state index in [0.717, 1.165) is 32.4 Å². The summed E-state index contributed by atoms with van der Waals surface area (Å²) < 4.78 is 39.6. The Morgan fingerprint density at radius 1 is 1.15 bits per heavy atom. The SMILES string of the molecule is CN1CCN(c2nccn3cc(C(F)(F)F)nc23)CC1. The summed E-state index contributed by atoms with van der Waals surface area (Å²) in [6, 6.07) is 0. The largest absolute Gasteiger partial charge is 0.434 e. The first-order chi connectivity index (χ1) is 9.45. The lowest BCUT2D eigenvalue weighted by Gasteiger charge is -2.33. The summed E-state index contributed by atoms with van der Waals surface area (Å²) >= 11 is 0. The summed E-state index contributed by atoms with van der Waals surface area (Å²) in [7, 11) is 2.02. The number of anilines is 1. The Morgan fingerprint density at radius 2 is 1.85 bits per heavy atom. The van der Waals surface area contributed by atoms with E-state index in [4.69, 9.17) is 0 Å². The van der Waals surface area contributed by atoms with Crippen molar-refractivity contribution in [3.8, 4) is 0 Å². The number of aromatic nitrogens is 3. The van der Waals surface area contributed by atoms with Crippen molar-refractivity contribution in [2.24, 2.45) is 0 Å². The number of nitrogens with zero attached hydrogens (tertiary/aromatic N) is 5. The maximum absolute atomic E-state index is 12.7. The zero-order valence-electron chi connectivity index (χ0n) is 10.9. The van der Waals surface area contributed by atoms with Crippen LogP contribution in [0.1, 0.15) is 5.69 Å². The highest BCUT2D eigenvalue weighted by Crippen LogP contribution is 2.30. The number of hydrogen-bond acceptors (Lipinski definition) is 4. The first-order valence-electron chi connectivity index (χ1n) is 6.29. The van der Waals surface area contributed by atoms with Crippen molar-refractivity contribution in [2.45, 2.75) is 6.18 Å². The van der Waals surface area contributed by atoms with Gasteiger partial charge in [-0.05, 0) is 7.05 Å². The Balaban J connectivity index is 2.01. The minimum absolute atomic E-state index is 0.254. The molecule has 0 spiro atoms. The molecule has 0 saturated carbocycles. The van der Waals surface area contributed by atoms with Gasteiger partial charge in [-0.2, -0.15) is 13.2 Å². The molecule has 0 aliphatic carbocycles. The molecule has 3 heterocycles. The standard InChI is InChI=1S/C12H14F3N5/c1-18-4-6-19(7-5-18)10-11-17-9(12(13,14)15)8-20(11)3-2-16-10/h2-3,8H,4-7H2,1H3. The molecule has 108 valence electrons.